The van der Waals surface area contributed by atoms with E-state index in [1.54, 1.807) is 0 Å². The smallest absolute Gasteiger partial charge is 0.0881 e. The first-order valence-corrected chi connectivity index (χ1v) is 6.03. The lowest BCUT2D eigenvalue weighted by Gasteiger charge is -2.17. The molecule has 0 spiro atoms. The van der Waals surface area contributed by atoms with Gasteiger partial charge in [0.2, 0.25) is 0 Å². The Labute approximate surface area is 106 Å². The molecular weight excluding hydrogens is 232 g/mol. The van der Waals surface area contributed by atoms with E-state index in [0.29, 0.717) is 0 Å². The lowest BCUT2D eigenvalue weighted by molar-refractivity contribution is 0.872. The van der Waals surface area contributed by atoms with Crippen molar-refractivity contribution in [2.45, 2.75) is 6.54 Å². The van der Waals surface area contributed by atoms with Crippen molar-refractivity contribution in [3.63, 3.8) is 0 Å². The molecule has 1 aliphatic rings. The van der Waals surface area contributed by atoms with E-state index in [4.69, 9.17) is 11.6 Å². The zero-order valence-corrected chi connectivity index (χ0v) is 10.1. The molecule has 2 nitrogen and oxygen atoms in total. The van der Waals surface area contributed by atoms with Crippen molar-refractivity contribution in [3.05, 3.63) is 59.1 Å². The van der Waals surface area contributed by atoms with Gasteiger partial charge in [-0.15, -0.1) is 0 Å². The Hall–Kier alpha value is -1.67. The van der Waals surface area contributed by atoms with E-state index in [1.165, 1.54) is 11.3 Å². The first-order chi connectivity index (χ1) is 8.33. The fourth-order valence-electron chi connectivity index (χ4n) is 2.14. The molecule has 3 rings (SSSR count). The standard InChI is InChI=1S/C14H13ClN2/c15-12-6-7-14-13(8-12)16-10-17(14)9-11-4-2-1-3-5-11/h1-8,16H,9-10H2. The lowest BCUT2D eigenvalue weighted by Crippen LogP contribution is -2.21. The summed E-state index contributed by atoms with van der Waals surface area (Å²) < 4.78 is 0. The molecule has 17 heavy (non-hydrogen) atoms. The van der Waals surface area contributed by atoms with E-state index in [2.05, 4.69) is 40.5 Å². The van der Waals surface area contributed by atoms with Gasteiger partial charge in [0.25, 0.3) is 0 Å². The predicted molar refractivity (Wildman–Crippen MR) is 72.6 cm³/mol. The van der Waals surface area contributed by atoms with Gasteiger partial charge in [-0.05, 0) is 23.8 Å². The molecule has 2 aromatic rings. The molecule has 2 aromatic carbocycles. The average molecular weight is 245 g/mol. The van der Waals surface area contributed by atoms with E-state index < -0.39 is 0 Å². The fourth-order valence-corrected chi connectivity index (χ4v) is 2.31. The minimum atomic E-state index is 0.776. The van der Waals surface area contributed by atoms with E-state index >= 15 is 0 Å². The van der Waals surface area contributed by atoms with Crippen LogP contribution in [0.5, 0.6) is 0 Å². The van der Waals surface area contributed by atoms with E-state index in [1.807, 2.05) is 18.2 Å². The van der Waals surface area contributed by atoms with Gasteiger partial charge in [0, 0.05) is 11.6 Å². The van der Waals surface area contributed by atoms with Crippen LogP contribution in [0.4, 0.5) is 11.4 Å². The molecule has 0 aliphatic carbocycles. The third-order valence-electron chi connectivity index (χ3n) is 2.98. The van der Waals surface area contributed by atoms with Crippen LogP contribution >= 0.6 is 11.6 Å². The van der Waals surface area contributed by atoms with Crippen molar-refractivity contribution in [1.82, 2.24) is 0 Å². The Bertz CT molecular complexity index is 525. The second kappa shape index (κ2) is 4.30. The van der Waals surface area contributed by atoms with Gasteiger partial charge in [0.1, 0.15) is 0 Å². The van der Waals surface area contributed by atoms with Crippen LogP contribution in [0.2, 0.25) is 5.02 Å². The normalized spacial score (nSPS) is 13.4. The van der Waals surface area contributed by atoms with Crippen LogP contribution in [0, 0.1) is 0 Å². The number of fused-ring (bicyclic) bond motifs is 1. The number of halogens is 1. The SMILES string of the molecule is Clc1ccc2c(c1)NCN2Cc1ccccc1. The van der Waals surface area contributed by atoms with Crippen LogP contribution in [-0.4, -0.2) is 6.67 Å². The van der Waals surface area contributed by atoms with Crippen LogP contribution in [0.3, 0.4) is 0 Å². The predicted octanol–water partition coefficient (Wildman–Crippen LogP) is 3.73. The average Bonchev–Trinajstić information content (AvgIpc) is 2.73. The van der Waals surface area contributed by atoms with Crippen LogP contribution in [0.15, 0.2) is 48.5 Å². The molecule has 0 amide bonds. The van der Waals surface area contributed by atoms with Crippen molar-refractivity contribution < 1.29 is 0 Å². The van der Waals surface area contributed by atoms with Crippen LogP contribution in [0.25, 0.3) is 0 Å². The minimum absolute atomic E-state index is 0.776. The van der Waals surface area contributed by atoms with Crippen molar-refractivity contribution in [2.75, 3.05) is 16.9 Å². The molecule has 86 valence electrons. The maximum absolute atomic E-state index is 5.97. The second-order valence-corrected chi connectivity index (χ2v) is 4.62. The molecular formula is C14H13ClN2. The Balaban J connectivity index is 1.85. The van der Waals surface area contributed by atoms with Crippen LogP contribution in [-0.2, 0) is 6.54 Å². The maximum atomic E-state index is 5.97. The first-order valence-electron chi connectivity index (χ1n) is 5.65. The van der Waals surface area contributed by atoms with Gasteiger partial charge in [-0.3, -0.25) is 0 Å². The highest BCUT2D eigenvalue weighted by Crippen LogP contribution is 2.34. The molecule has 0 atom stereocenters. The van der Waals surface area contributed by atoms with E-state index in [9.17, 15) is 0 Å². The molecule has 0 saturated heterocycles. The molecule has 0 radical (unpaired) electrons. The van der Waals surface area contributed by atoms with Gasteiger partial charge in [-0.2, -0.15) is 0 Å². The zero-order chi connectivity index (χ0) is 11.7. The summed E-state index contributed by atoms with van der Waals surface area (Å²) in [4.78, 5) is 2.31. The highest BCUT2D eigenvalue weighted by atomic mass is 35.5. The summed E-state index contributed by atoms with van der Waals surface area (Å²) in [6.07, 6.45) is 0. The number of hydrogen-bond donors (Lipinski definition) is 1. The van der Waals surface area contributed by atoms with Gasteiger partial charge in [0.15, 0.2) is 0 Å². The van der Waals surface area contributed by atoms with Gasteiger partial charge >= 0.3 is 0 Å². The number of rotatable bonds is 2. The second-order valence-electron chi connectivity index (χ2n) is 4.18. The Morgan fingerprint density at radius 1 is 1.12 bits per heavy atom. The molecule has 0 aromatic heterocycles. The largest absolute Gasteiger partial charge is 0.366 e. The van der Waals surface area contributed by atoms with Crippen LogP contribution in [0.1, 0.15) is 5.56 Å². The summed E-state index contributed by atoms with van der Waals surface area (Å²) >= 11 is 5.97. The third-order valence-corrected chi connectivity index (χ3v) is 3.21. The monoisotopic (exact) mass is 244 g/mol. The summed E-state index contributed by atoms with van der Waals surface area (Å²) in [7, 11) is 0. The van der Waals surface area contributed by atoms with Gasteiger partial charge in [-0.25, -0.2) is 0 Å². The summed E-state index contributed by atoms with van der Waals surface area (Å²) in [5, 5.41) is 4.13. The quantitative estimate of drug-likeness (QED) is 0.866. The third kappa shape index (κ3) is 2.08. The topological polar surface area (TPSA) is 15.3 Å². The summed E-state index contributed by atoms with van der Waals surface area (Å²) in [6, 6.07) is 16.5. The number of anilines is 2. The fraction of sp³-hybridized carbons (Fsp3) is 0.143. The maximum Gasteiger partial charge on any atom is 0.0881 e. The number of benzene rings is 2. The lowest BCUT2D eigenvalue weighted by atomic mass is 10.2. The van der Waals surface area contributed by atoms with Crippen molar-refractivity contribution in [2.24, 2.45) is 0 Å². The molecule has 0 saturated carbocycles. The minimum Gasteiger partial charge on any atom is -0.366 e. The van der Waals surface area contributed by atoms with Crippen molar-refractivity contribution in [1.29, 1.82) is 0 Å². The Morgan fingerprint density at radius 3 is 2.76 bits per heavy atom. The van der Waals surface area contributed by atoms with Gasteiger partial charge in [-0.1, -0.05) is 41.9 Å². The summed E-state index contributed by atoms with van der Waals surface area (Å²) in [5.74, 6) is 0. The first kappa shape index (κ1) is 10.5. The van der Waals surface area contributed by atoms with E-state index in [-0.39, 0.29) is 0 Å². The Morgan fingerprint density at radius 2 is 1.94 bits per heavy atom. The summed E-state index contributed by atoms with van der Waals surface area (Å²) in [5.41, 5.74) is 3.66. The van der Waals surface area contributed by atoms with Gasteiger partial charge in [0.05, 0.1) is 18.0 Å². The highest BCUT2D eigenvalue weighted by Gasteiger charge is 2.18. The highest BCUT2D eigenvalue weighted by molar-refractivity contribution is 6.31. The number of nitrogens with zero attached hydrogens (tertiary/aromatic N) is 1. The van der Waals surface area contributed by atoms with Crippen molar-refractivity contribution in [3.8, 4) is 0 Å². The van der Waals surface area contributed by atoms with E-state index in [0.717, 1.165) is 23.9 Å². The number of hydrogen-bond acceptors (Lipinski definition) is 2. The molecule has 1 heterocycles. The molecule has 0 fully saturated rings. The molecule has 1 N–H and O–H groups in total. The van der Waals surface area contributed by atoms with Gasteiger partial charge < -0.3 is 10.2 Å². The zero-order valence-electron chi connectivity index (χ0n) is 9.36. The van der Waals surface area contributed by atoms with Crippen LogP contribution < -0.4 is 10.2 Å². The van der Waals surface area contributed by atoms with Crippen molar-refractivity contribution >= 4 is 23.0 Å². The molecule has 3 heteroatoms. The molecule has 0 bridgehead atoms. The summed E-state index contributed by atoms with van der Waals surface area (Å²) in [6.45, 7) is 1.76. The molecule has 1 aliphatic heterocycles. The molecule has 0 unspecified atom stereocenters. The Kier molecular flexibility index (Phi) is 2.65. The number of nitrogens with one attached hydrogen (secondary N) is 1.